The molecule has 19 heavy (non-hydrogen) atoms. The van der Waals surface area contributed by atoms with E-state index >= 15 is 0 Å². The fraction of sp³-hybridized carbons (Fsp3) is 0.455. The normalized spacial score (nSPS) is 19.1. The minimum absolute atomic E-state index is 0.103. The molecule has 0 radical (unpaired) electrons. The smallest absolute Gasteiger partial charge is 0.305 e. The van der Waals surface area contributed by atoms with Gasteiger partial charge in [-0.05, 0) is 0 Å². The molecule has 2 heterocycles. The Bertz CT molecular complexity index is 568. The van der Waals surface area contributed by atoms with Gasteiger partial charge in [0.15, 0.2) is 5.82 Å². The van der Waals surface area contributed by atoms with Crippen molar-refractivity contribution >= 4 is 17.7 Å². The summed E-state index contributed by atoms with van der Waals surface area (Å²) in [6.45, 7) is 0.713. The van der Waals surface area contributed by atoms with Gasteiger partial charge in [-0.25, -0.2) is 4.98 Å². The van der Waals surface area contributed by atoms with Gasteiger partial charge in [0, 0.05) is 32.5 Å². The summed E-state index contributed by atoms with van der Waals surface area (Å²) in [6, 6.07) is -0.908. The first kappa shape index (κ1) is 13.1. The summed E-state index contributed by atoms with van der Waals surface area (Å²) in [6.07, 6.45) is 2.58. The van der Waals surface area contributed by atoms with Gasteiger partial charge in [0.2, 0.25) is 5.91 Å². The number of hydrogen-bond acceptors (Lipinski definition) is 5. The first-order valence-corrected chi connectivity index (χ1v) is 5.78. The van der Waals surface area contributed by atoms with Crippen LogP contribution in [-0.4, -0.2) is 45.7 Å². The molecule has 1 unspecified atom stereocenters. The number of anilines is 1. The number of rotatable bonds is 3. The van der Waals surface area contributed by atoms with E-state index in [-0.39, 0.29) is 17.8 Å². The molecule has 0 spiro atoms. The number of amides is 1. The van der Waals surface area contributed by atoms with Crippen LogP contribution in [0.2, 0.25) is 0 Å². The number of carboxylic acid groups (broad SMARTS) is 1. The van der Waals surface area contributed by atoms with Crippen LogP contribution in [0.15, 0.2) is 17.2 Å². The van der Waals surface area contributed by atoms with Crippen LogP contribution in [-0.2, 0) is 16.6 Å². The van der Waals surface area contributed by atoms with Gasteiger partial charge in [-0.2, -0.15) is 0 Å². The average Bonchev–Trinajstić information content (AvgIpc) is 2.35. The van der Waals surface area contributed by atoms with Crippen molar-refractivity contribution in [1.29, 1.82) is 0 Å². The van der Waals surface area contributed by atoms with Gasteiger partial charge in [0.1, 0.15) is 6.04 Å². The lowest BCUT2D eigenvalue weighted by Gasteiger charge is -2.34. The Hall–Kier alpha value is -2.38. The minimum atomic E-state index is -1.10. The molecule has 2 N–H and O–H groups in total. The number of nitrogens with one attached hydrogen (secondary N) is 1. The monoisotopic (exact) mass is 266 g/mol. The molecule has 2 rings (SSSR count). The van der Waals surface area contributed by atoms with Crippen LogP contribution < -0.4 is 15.8 Å². The molecule has 1 aliphatic rings. The Labute approximate surface area is 108 Å². The second-order valence-electron chi connectivity index (χ2n) is 4.26. The number of aliphatic carboxylic acids is 1. The Morgan fingerprint density at radius 1 is 1.58 bits per heavy atom. The molecule has 0 aromatic carbocycles. The molecular formula is C11H14N4O4. The SMILES string of the molecule is Cn1ccnc(N2CCNC(=O)C2CC(=O)O)c1=O. The molecule has 1 saturated heterocycles. The van der Waals surface area contributed by atoms with E-state index in [0.29, 0.717) is 13.1 Å². The van der Waals surface area contributed by atoms with E-state index in [1.165, 1.54) is 21.9 Å². The molecule has 1 aromatic rings. The van der Waals surface area contributed by atoms with Crippen molar-refractivity contribution in [3.63, 3.8) is 0 Å². The van der Waals surface area contributed by atoms with E-state index in [4.69, 9.17) is 5.11 Å². The molecule has 1 amide bonds. The fourth-order valence-electron chi connectivity index (χ4n) is 2.02. The van der Waals surface area contributed by atoms with Crippen LogP contribution in [0.4, 0.5) is 5.82 Å². The van der Waals surface area contributed by atoms with Crippen LogP contribution >= 0.6 is 0 Å². The maximum atomic E-state index is 12.0. The maximum Gasteiger partial charge on any atom is 0.305 e. The summed E-state index contributed by atoms with van der Waals surface area (Å²) in [5.41, 5.74) is -0.354. The Kier molecular flexibility index (Phi) is 3.50. The van der Waals surface area contributed by atoms with Crippen molar-refractivity contribution in [3.8, 4) is 0 Å². The highest BCUT2D eigenvalue weighted by molar-refractivity contribution is 5.89. The number of carboxylic acids is 1. The third-order valence-electron chi connectivity index (χ3n) is 2.97. The summed E-state index contributed by atoms with van der Waals surface area (Å²) in [4.78, 5) is 40.0. The third kappa shape index (κ3) is 2.56. The van der Waals surface area contributed by atoms with Gasteiger partial charge in [-0.1, -0.05) is 0 Å². The Morgan fingerprint density at radius 2 is 2.32 bits per heavy atom. The number of nitrogens with zero attached hydrogens (tertiary/aromatic N) is 3. The van der Waals surface area contributed by atoms with E-state index in [9.17, 15) is 14.4 Å². The number of hydrogen-bond donors (Lipinski definition) is 2. The average molecular weight is 266 g/mol. The van der Waals surface area contributed by atoms with Gasteiger partial charge in [-0.15, -0.1) is 0 Å². The number of carbonyl (C=O) groups excluding carboxylic acids is 1. The number of piperazine rings is 1. The molecule has 102 valence electrons. The molecule has 0 aliphatic carbocycles. The van der Waals surface area contributed by atoms with Gasteiger partial charge in [0.05, 0.1) is 6.42 Å². The molecule has 8 nitrogen and oxygen atoms in total. The molecule has 1 aromatic heterocycles. The Balaban J connectivity index is 2.39. The van der Waals surface area contributed by atoms with Crippen LogP contribution in [0.3, 0.4) is 0 Å². The lowest BCUT2D eigenvalue weighted by Crippen LogP contribution is -2.57. The highest BCUT2D eigenvalue weighted by Gasteiger charge is 2.33. The summed E-state index contributed by atoms with van der Waals surface area (Å²) in [7, 11) is 1.57. The van der Waals surface area contributed by atoms with Crippen LogP contribution in [0.1, 0.15) is 6.42 Å². The topological polar surface area (TPSA) is 105 Å². The van der Waals surface area contributed by atoms with Crippen LogP contribution in [0.5, 0.6) is 0 Å². The van der Waals surface area contributed by atoms with Gasteiger partial charge in [0.25, 0.3) is 5.56 Å². The van der Waals surface area contributed by atoms with Crippen molar-refractivity contribution in [2.45, 2.75) is 12.5 Å². The number of aromatic nitrogens is 2. The number of carbonyl (C=O) groups is 2. The maximum absolute atomic E-state index is 12.0. The molecule has 1 aliphatic heterocycles. The van der Waals surface area contributed by atoms with Gasteiger partial charge >= 0.3 is 5.97 Å². The molecule has 1 atom stereocenters. The van der Waals surface area contributed by atoms with E-state index < -0.39 is 17.9 Å². The van der Waals surface area contributed by atoms with E-state index in [0.717, 1.165) is 0 Å². The van der Waals surface area contributed by atoms with E-state index in [1.54, 1.807) is 7.05 Å². The van der Waals surface area contributed by atoms with Crippen molar-refractivity contribution < 1.29 is 14.7 Å². The van der Waals surface area contributed by atoms with Crippen molar-refractivity contribution in [2.24, 2.45) is 7.05 Å². The van der Waals surface area contributed by atoms with Gasteiger partial charge in [-0.3, -0.25) is 14.4 Å². The molecule has 0 bridgehead atoms. The lowest BCUT2D eigenvalue weighted by atomic mass is 10.1. The molecule has 8 heteroatoms. The molecule has 0 saturated carbocycles. The van der Waals surface area contributed by atoms with Crippen molar-refractivity contribution in [3.05, 3.63) is 22.7 Å². The zero-order valence-electron chi connectivity index (χ0n) is 10.4. The predicted octanol–water partition coefficient (Wildman–Crippen LogP) is -1.44. The third-order valence-corrected chi connectivity index (χ3v) is 2.97. The zero-order valence-corrected chi connectivity index (χ0v) is 10.4. The summed E-state index contributed by atoms with van der Waals surface area (Å²) < 4.78 is 1.34. The summed E-state index contributed by atoms with van der Waals surface area (Å²) >= 11 is 0. The summed E-state index contributed by atoms with van der Waals surface area (Å²) in [5.74, 6) is -1.40. The fourth-order valence-corrected chi connectivity index (χ4v) is 2.02. The second-order valence-corrected chi connectivity index (χ2v) is 4.26. The highest BCUT2D eigenvalue weighted by atomic mass is 16.4. The number of aryl methyl sites for hydroxylation is 1. The minimum Gasteiger partial charge on any atom is -0.481 e. The van der Waals surface area contributed by atoms with Crippen molar-refractivity contribution in [1.82, 2.24) is 14.9 Å². The quantitative estimate of drug-likeness (QED) is 0.694. The largest absolute Gasteiger partial charge is 0.481 e. The van der Waals surface area contributed by atoms with Crippen molar-refractivity contribution in [2.75, 3.05) is 18.0 Å². The first-order valence-electron chi connectivity index (χ1n) is 5.78. The van der Waals surface area contributed by atoms with Crippen LogP contribution in [0.25, 0.3) is 0 Å². The standard InChI is InChI=1S/C11H14N4O4/c1-14-4-2-12-9(11(14)19)15-5-3-13-10(18)7(15)6-8(16)17/h2,4,7H,3,5-6H2,1H3,(H,13,18)(H,16,17). The highest BCUT2D eigenvalue weighted by Crippen LogP contribution is 2.14. The zero-order chi connectivity index (χ0) is 14.0. The van der Waals surface area contributed by atoms with Crippen LogP contribution in [0, 0.1) is 0 Å². The summed E-state index contributed by atoms with van der Waals surface area (Å²) in [5, 5.41) is 11.5. The molecular weight excluding hydrogens is 252 g/mol. The van der Waals surface area contributed by atoms with E-state index in [2.05, 4.69) is 10.3 Å². The second kappa shape index (κ2) is 5.09. The lowest BCUT2D eigenvalue weighted by molar-refractivity contribution is -0.139. The predicted molar refractivity (Wildman–Crippen MR) is 65.9 cm³/mol. The Morgan fingerprint density at radius 3 is 3.00 bits per heavy atom. The van der Waals surface area contributed by atoms with E-state index in [1.807, 2.05) is 0 Å². The van der Waals surface area contributed by atoms with Gasteiger partial charge < -0.3 is 19.9 Å². The molecule has 1 fully saturated rings. The first-order chi connectivity index (χ1) is 9.00.